The van der Waals surface area contributed by atoms with Crippen LogP contribution in [0.15, 0.2) is 0 Å². The molecule has 3 nitrogen and oxygen atoms in total. The highest BCUT2D eigenvalue weighted by Gasteiger charge is 2.21. The summed E-state index contributed by atoms with van der Waals surface area (Å²) in [6, 6.07) is 0. The first-order valence-electron chi connectivity index (χ1n) is 5.16. The van der Waals surface area contributed by atoms with Crippen molar-refractivity contribution in [1.29, 1.82) is 0 Å². The summed E-state index contributed by atoms with van der Waals surface area (Å²) < 4.78 is 25.3. The summed E-state index contributed by atoms with van der Waals surface area (Å²) in [5.74, 6) is 0.568. The van der Waals surface area contributed by atoms with Gasteiger partial charge in [0.2, 0.25) is 10.0 Å². The predicted molar refractivity (Wildman–Crippen MR) is 60.7 cm³/mol. The van der Waals surface area contributed by atoms with E-state index in [1.807, 2.05) is 6.92 Å². The maximum absolute atomic E-state index is 11.4. The lowest BCUT2D eigenvalue weighted by Gasteiger charge is -2.27. The SMILES string of the molecule is CCCS(=O)(=O)NCC(C)C(C)(C)C. The fraction of sp³-hybridized carbons (Fsp3) is 1.00. The molecule has 0 aliphatic rings. The van der Waals surface area contributed by atoms with Crippen LogP contribution in [0.3, 0.4) is 0 Å². The molecule has 0 spiro atoms. The minimum absolute atomic E-state index is 0.148. The summed E-state index contributed by atoms with van der Waals surface area (Å²) in [4.78, 5) is 0. The van der Waals surface area contributed by atoms with Crippen LogP contribution in [0.1, 0.15) is 41.0 Å². The van der Waals surface area contributed by atoms with Crippen LogP contribution in [0.4, 0.5) is 0 Å². The quantitative estimate of drug-likeness (QED) is 0.772. The van der Waals surface area contributed by atoms with Gasteiger partial charge in [-0.1, -0.05) is 34.6 Å². The van der Waals surface area contributed by atoms with E-state index in [2.05, 4.69) is 32.4 Å². The zero-order chi connectivity index (χ0) is 11.4. The zero-order valence-corrected chi connectivity index (χ0v) is 10.7. The zero-order valence-electron chi connectivity index (χ0n) is 9.92. The molecule has 0 rings (SSSR count). The monoisotopic (exact) mass is 221 g/mol. The van der Waals surface area contributed by atoms with Crippen molar-refractivity contribution in [2.45, 2.75) is 41.0 Å². The molecular formula is C10H23NO2S. The molecule has 0 saturated carbocycles. The van der Waals surface area contributed by atoms with E-state index in [1.165, 1.54) is 0 Å². The minimum atomic E-state index is -3.04. The predicted octanol–water partition coefficient (Wildman–Crippen LogP) is 2.00. The van der Waals surface area contributed by atoms with Crippen LogP contribution in [-0.2, 0) is 10.0 Å². The highest BCUT2D eigenvalue weighted by molar-refractivity contribution is 7.89. The Labute approximate surface area is 88.3 Å². The first-order valence-corrected chi connectivity index (χ1v) is 6.81. The summed E-state index contributed by atoms with van der Waals surface area (Å²) in [5.41, 5.74) is 0.148. The minimum Gasteiger partial charge on any atom is -0.215 e. The van der Waals surface area contributed by atoms with Crippen molar-refractivity contribution in [2.24, 2.45) is 11.3 Å². The van der Waals surface area contributed by atoms with Gasteiger partial charge < -0.3 is 0 Å². The molecule has 0 saturated heterocycles. The van der Waals surface area contributed by atoms with E-state index in [-0.39, 0.29) is 11.2 Å². The van der Waals surface area contributed by atoms with Crippen LogP contribution in [0.5, 0.6) is 0 Å². The van der Waals surface area contributed by atoms with E-state index in [0.717, 1.165) is 0 Å². The molecule has 0 aliphatic heterocycles. The van der Waals surface area contributed by atoms with Crippen molar-refractivity contribution in [1.82, 2.24) is 4.72 Å². The Balaban J connectivity index is 4.07. The standard InChI is InChI=1S/C10H23NO2S/c1-6-7-14(12,13)11-8-9(2)10(3,4)5/h9,11H,6-8H2,1-5H3. The van der Waals surface area contributed by atoms with Gasteiger partial charge in [0.25, 0.3) is 0 Å². The van der Waals surface area contributed by atoms with Crippen molar-refractivity contribution in [3.8, 4) is 0 Å². The second-order valence-corrected chi connectivity index (χ2v) is 6.86. The van der Waals surface area contributed by atoms with Gasteiger partial charge in [0, 0.05) is 6.54 Å². The van der Waals surface area contributed by atoms with Gasteiger partial charge in [0.1, 0.15) is 0 Å². The Kier molecular flexibility index (Phi) is 5.09. The number of rotatable bonds is 5. The first-order chi connectivity index (χ1) is 6.19. The number of hydrogen-bond donors (Lipinski definition) is 1. The third-order valence-corrected chi connectivity index (χ3v) is 4.11. The smallest absolute Gasteiger partial charge is 0.211 e. The second kappa shape index (κ2) is 5.12. The molecule has 1 N–H and O–H groups in total. The third kappa shape index (κ3) is 5.60. The summed E-state index contributed by atoms with van der Waals surface area (Å²) in [7, 11) is -3.04. The van der Waals surface area contributed by atoms with Crippen LogP contribution in [-0.4, -0.2) is 20.7 Å². The average molecular weight is 221 g/mol. The average Bonchev–Trinajstić information content (AvgIpc) is 1.98. The molecule has 0 radical (unpaired) electrons. The maximum Gasteiger partial charge on any atom is 0.211 e. The molecule has 0 aromatic heterocycles. The summed E-state index contributed by atoms with van der Waals surface area (Å²) in [6.07, 6.45) is 0.666. The van der Waals surface area contributed by atoms with Gasteiger partial charge in [-0.2, -0.15) is 0 Å². The van der Waals surface area contributed by atoms with E-state index < -0.39 is 10.0 Å². The van der Waals surface area contributed by atoms with Gasteiger partial charge >= 0.3 is 0 Å². The number of sulfonamides is 1. The topological polar surface area (TPSA) is 46.2 Å². The molecule has 14 heavy (non-hydrogen) atoms. The molecule has 0 aromatic carbocycles. The van der Waals surface area contributed by atoms with Gasteiger partial charge in [0.05, 0.1) is 5.75 Å². The maximum atomic E-state index is 11.4. The van der Waals surface area contributed by atoms with Crippen LogP contribution < -0.4 is 4.72 Å². The number of hydrogen-bond acceptors (Lipinski definition) is 2. The fourth-order valence-corrected chi connectivity index (χ4v) is 2.08. The highest BCUT2D eigenvalue weighted by atomic mass is 32.2. The Bertz CT molecular complexity index is 252. The molecule has 1 unspecified atom stereocenters. The summed E-state index contributed by atoms with van der Waals surface area (Å²) in [6.45, 7) is 10.8. The fourth-order valence-electron chi connectivity index (χ4n) is 0.899. The van der Waals surface area contributed by atoms with Gasteiger partial charge in [-0.05, 0) is 17.8 Å². The largest absolute Gasteiger partial charge is 0.215 e. The van der Waals surface area contributed by atoms with Gasteiger partial charge in [0.15, 0.2) is 0 Å². The lowest BCUT2D eigenvalue weighted by atomic mass is 9.82. The van der Waals surface area contributed by atoms with E-state index in [9.17, 15) is 8.42 Å². The lowest BCUT2D eigenvalue weighted by Crippen LogP contribution is -2.34. The molecule has 1 atom stereocenters. The highest BCUT2D eigenvalue weighted by Crippen LogP contribution is 2.24. The van der Waals surface area contributed by atoms with Gasteiger partial charge in [-0.25, -0.2) is 13.1 Å². The molecule has 0 aliphatic carbocycles. The molecule has 4 heteroatoms. The van der Waals surface area contributed by atoms with Crippen molar-refractivity contribution >= 4 is 10.0 Å². The van der Waals surface area contributed by atoms with Gasteiger partial charge in [-0.3, -0.25) is 0 Å². The van der Waals surface area contributed by atoms with E-state index in [4.69, 9.17) is 0 Å². The van der Waals surface area contributed by atoms with Crippen molar-refractivity contribution in [3.05, 3.63) is 0 Å². The Hall–Kier alpha value is -0.0900. The molecule has 86 valence electrons. The van der Waals surface area contributed by atoms with Crippen molar-refractivity contribution < 1.29 is 8.42 Å². The number of nitrogens with one attached hydrogen (secondary N) is 1. The van der Waals surface area contributed by atoms with E-state index >= 15 is 0 Å². The van der Waals surface area contributed by atoms with E-state index in [1.54, 1.807) is 0 Å². The molecule has 0 bridgehead atoms. The summed E-state index contributed by atoms with van der Waals surface area (Å²) >= 11 is 0. The van der Waals surface area contributed by atoms with Gasteiger partial charge in [-0.15, -0.1) is 0 Å². The molecule has 0 amide bonds. The van der Waals surface area contributed by atoms with Crippen LogP contribution in [0.2, 0.25) is 0 Å². The third-order valence-electron chi connectivity index (χ3n) is 2.56. The molecular weight excluding hydrogens is 198 g/mol. The molecule has 0 heterocycles. The Morgan fingerprint density at radius 2 is 1.79 bits per heavy atom. The van der Waals surface area contributed by atoms with E-state index in [0.29, 0.717) is 18.9 Å². The van der Waals surface area contributed by atoms with Crippen LogP contribution in [0.25, 0.3) is 0 Å². The van der Waals surface area contributed by atoms with Crippen LogP contribution in [0, 0.1) is 11.3 Å². The first kappa shape index (κ1) is 13.9. The van der Waals surface area contributed by atoms with Crippen LogP contribution >= 0.6 is 0 Å². The lowest BCUT2D eigenvalue weighted by molar-refractivity contribution is 0.263. The summed E-state index contributed by atoms with van der Waals surface area (Å²) in [5, 5.41) is 0. The second-order valence-electron chi connectivity index (χ2n) is 4.93. The Morgan fingerprint density at radius 3 is 2.14 bits per heavy atom. The van der Waals surface area contributed by atoms with Crippen molar-refractivity contribution in [2.75, 3.05) is 12.3 Å². The van der Waals surface area contributed by atoms with Crippen molar-refractivity contribution in [3.63, 3.8) is 0 Å². The molecule has 0 aromatic rings. The molecule has 0 fully saturated rings. The normalized spacial score (nSPS) is 15.5. The Morgan fingerprint density at radius 1 is 1.29 bits per heavy atom.